The maximum Gasteiger partial charge on any atom is 0.406 e. The number of amides is 2. The summed E-state index contributed by atoms with van der Waals surface area (Å²) in [5.74, 6) is -1.67. The van der Waals surface area contributed by atoms with Gasteiger partial charge in [0, 0.05) is 24.1 Å². The van der Waals surface area contributed by atoms with Crippen LogP contribution < -0.4 is 10.1 Å². The number of nitrogens with zero attached hydrogens (tertiary/aromatic N) is 1. The second kappa shape index (κ2) is 9.27. The van der Waals surface area contributed by atoms with Crippen molar-refractivity contribution >= 4 is 11.8 Å². The number of aliphatic hydroxyl groups is 2. The number of fused-ring (bicyclic) bond motifs is 3. The highest BCUT2D eigenvalue weighted by Gasteiger charge is 2.51. The maximum absolute atomic E-state index is 13.3. The van der Waals surface area contributed by atoms with E-state index in [0.717, 1.165) is 0 Å². The molecule has 31 heavy (non-hydrogen) atoms. The van der Waals surface area contributed by atoms with E-state index in [0.29, 0.717) is 22.6 Å². The summed E-state index contributed by atoms with van der Waals surface area (Å²) >= 11 is 0. The fourth-order valence-electron chi connectivity index (χ4n) is 4.10. The molecule has 2 aliphatic rings. The number of hydrogen-bond donors (Lipinski definition) is 3. The SMILES string of the molecule is CCCC(=O)N(CC(F)(F)F)C1C=C(C(=O)NCCO)C2c3ccccc3OC2C1O. The number of alkyl halides is 3. The van der Waals surface area contributed by atoms with Crippen molar-refractivity contribution in [3.63, 3.8) is 0 Å². The topological polar surface area (TPSA) is 99.1 Å². The summed E-state index contributed by atoms with van der Waals surface area (Å²) in [5, 5.41) is 22.5. The highest BCUT2D eigenvalue weighted by molar-refractivity contribution is 5.96. The minimum atomic E-state index is -4.69. The Kier molecular flexibility index (Phi) is 6.90. The van der Waals surface area contributed by atoms with Crippen molar-refractivity contribution in [2.45, 2.75) is 50.1 Å². The van der Waals surface area contributed by atoms with Crippen LogP contribution in [-0.2, 0) is 9.59 Å². The number of halogens is 3. The molecule has 1 aliphatic carbocycles. The number of benzene rings is 1. The molecule has 10 heteroatoms. The summed E-state index contributed by atoms with van der Waals surface area (Å²) in [7, 11) is 0. The van der Waals surface area contributed by atoms with Crippen molar-refractivity contribution in [1.82, 2.24) is 10.2 Å². The molecule has 0 spiro atoms. The molecule has 170 valence electrons. The smallest absolute Gasteiger partial charge is 0.406 e. The third-order valence-corrected chi connectivity index (χ3v) is 5.37. The number of para-hydroxylation sites is 1. The fourth-order valence-corrected chi connectivity index (χ4v) is 4.10. The minimum absolute atomic E-state index is 0.0513. The van der Waals surface area contributed by atoms with Gasteiger partial charge in [-0.2, -0.15) is 13.2 Å². The van der Waals surface area contributed by atoms with Crippen LogP contribution in [0.5, 0.6) is 5.75 Å². The number of carbonyl (C=O) groups is 2. The first-order chi connectivity index (χ1) is 14.7. The van der Waals surface area contributed by atoms with Crippen molar-refractivity contribution < 1.29 is 37.7 Å². The Hall–Kier alpha value is -2.59. The highest BCUT2D eigenvalue weighted by atomic mass is 19.4. The Labute approximate surface area is 177 Å². The van der Waals surface area contributed by atoms with E-state index >= 15 is 0 Å². The molecule has 2 amide bonds. The Balaban J connectivity index is 2.05. The molecular weight excluding hydrogens is 417 g/mol. The lowest BCUT2D eigenvalue weighted by Gasteiger charge is -2.41. The molecule has 0 bridgehead atoms. The van der Waals surface area contributed by atoms with Gasteiger partial charge in [-0.1, -0.05) is 25.1 Å². The molecule has 0 saturated heterocycles. The minimum Gasteiger partial charge on any atom is -0.486 e. The van der Waals surface area contributed by atoms with E-state index in [1.165, 1.54) is 6.08 Å². The number of nitrogens with one attached hydrogen (secondary N) is 1. The lowest BCUT2D eigenvalue weighted by atomic mass is 9.77. The molecular formula is C21H25F3N2O5. The molecule has 0 fully saturated rings. The average molecular weight is 442 g/mol. The highest BCUT2D eigenvalue weighted by Crippen LogP contribution is 2.47. The fraction of sp³-hybridized carbons (Fsp3) is 0.524. The predicted octanol–water partition coefficient (Wildman–Crippen LogP) is 1.50. The molecule has 4 atom stereocenters. The number of ether oxygens (including phenoxy) is 1. The van der Waals surface area contributed by atoms with Crippen LogP contribution in [0.15, 0.2) is 35.9 Å². The van der Waals surface area contributed by atoms with Crippen LogP contribution in [0, 0.1) is 0 Å². The lowest BCUT2D eigenvalue weighted by molar-refractivity contribution is -0.170. The molecule has 7 nitrogen and oxygen atoms in total. The van der Waals surface area contributed by atoms with Gasteiger partial charge < -0.3 is 25.2 Å². The van der Waals surface area contributed by atoms with E-state index in [-0.39, 0.29) is 25.1 Å². The Morgan fingerprint density at radius 2 is 1.97 bits per heavy atom. The Morgan fingerprint density at radius 1 is 1.26 bits per heavy atom. The zero-order valence-electron chi connectivity index (χ0n) is 16.9. The molecule has 4 unspecified atom stereocenters. The molecule has 1 aromatic carbocycles. The number of rotatable bonds is 7. The van der Waals surface area contributed by atoms with Crippen LogP contribution in [0.4, 0.5) is 13.2 Å². The normalized spacial score (nSPS) is 24.5. The van der Waals surface area contributed by atoms with Crippen LogP contribution in [0.25, 0.3) is 0 Å². The number of aliphatic hydroxyl groups excluding tert-OH is 2. The summed E-state index contributed by atoms with van der Waals surface area (Å²) in [6.45, 7) is -0.261. The van der Waals surface area contributed by atoms with Crippen molar-refractivity contribution in [2.75, 3.05) is 19.7 Å². The maximum atomic E-state index is 13.3. The van der Waals surface area contributed by atoms with E-state index in [2.05, 4.69) is 5.32 Å². The van der Waals surface area contributed by atoms with Gasteiger partial charge in [-0.3, -0.25) is 9.59 Å². The van der Waals surface area contributed by atoms with Gasteiger partial charge in [0.15, 0.2) is 0 Å². The van der Waals surface area contributed by atoms with Gasteiger partial charge in [-0.25, -0.2) is 0 Å². The van der Waals surface area contributed by atoms with Crippen LogP contribution in [-0.4, -0.2) is 71.0 Å². The van der Waals surface area contributed by atoms with Crippen molar-refractivity contribution in [3.05, 3.63) is 41.5 Å². The summed E-state index contributed by atoms with van der Waals surface area (Å²) < 4.78 is 45.6. The Bertz CT molecular complexity index is 858. The molecule has 3 rings (SSSR count). The predicted molar refractivity (Wildman–Crippen MR) is 104 cm³/mol. The van der Waals surface area contributed by atoms with Gasteiger partial charge in [-0.15, -0.1) is 0 Å². The molecule has 3 N–H and O–H groups in total. The lowest BCUT2D eigenvalue weighted by Crippen LogP contribution is -2.57. The summed E-state index contributed by atoms with van der Waals surface area (Å²) in [6, 6.07) is 5.40. The molecule has 0 radical (unpaired) electrons. The molecule has 1 aliphatic heterocycles. The van der Waals surface area contributed by atoms with Crippen molar-refractivity contribution in [1.29, 1.82) is 0 Å². The Morgan fingerprint density at radius 3 is 2.61 bits per heavy atom. The van der Waals surface area contributed by atoms with Crippen LogP contribution >= 0.6 is 0 Å². The van der Waals surface area contributed by atoms with Crippen LogP contribution in [0.2, 0.25) is 0 Å². The first kappa shape index (κ1) is 23.1. The van der Waals surface area contributed by atoms with Gasteiger partial charge in [0.25, 0.3) is 0 Å². The van der Waals surface area contributed by atoms with Gasteiger partial charge in [0.05, 0.1) is 18.6 Å². The second-order valence-corrected chi connectivity index (χ2v) is 7.57. The van der Waals surface area contributed by atoms with Gasteiger partial charge in [0.1, 0.15) is 24.5 Å². The third kappa shape index (κ3) is 4.85. The van der Waals surface area contributed by atoms with E-state index in [1.807, 2.05) is 0 Å². The van der Waals surface area contributed by atoms with Gasteiger partial charge >= 0.3 is 6.18 Å². The number of hydrogen-bond acceptors (Lipinski definition) is 5. The first-order valence-corrected chi connectivity index (χ1v) is 10.1. The summed E-state index contributed by atoms with van der Waals surface area (Å²) in [6.07, 6.45) is -5.77. The second-order valence-electron chi connectivity index (χ2n) is 7.57. The summed E-state index contributed by atoms with van der Waals surface area (Å²) in [4.78, 5) is 25.9. The molecule has 1 aromatic rings. The number of carbonyl (C=O) groups excluding carboxylic acids is 2. The average Bonchev–Trinajstić information content (AvgIpc) is 3.10. The standard InChI is InChI=1S/C21H25F3N2O5/c1-2-5-16(28)26(11-21(22,23)24)14-10-13(20(30)25-8-9-27)17-12-6-3-4-7-15(12)31-19(17)18(14)29/h3-4,6-7,10,14,17-19,27,29H,2,5,8-9,11H2,1H3,(H,25,30). The van der Waals surface area contributed by atoms with E-state index in [4.69, 9.17) is 9.84 Å². The first-order valence-electron chi connectivity index (χ1n) is 10.1. The quantitative estimate of drug-likeness (QED) is 0.595. The zero-order chi connectivity index (χ0) is 22.8. The largest absolute Gasteiger partial charge is 0.486 e. The molecule has 0 saturated carbocycles. The van der Waals surface area contributed by atoms with E-state index < -0.39 is 48.7 Å². The van der Waals surface area contributed by atoms with Crippen molar-refractivity contribution in [3.8, 4) is 5.75 Å². The van der Waals surface area contributed by atoms with E-state index in [9.17, 15) is 27.9 Å². The van der Waals surface area contributed by atoms with Crippen molar-refractivity contribution in [2.24, 2.45) is 0 Å². The van der Waals surface area contributed by atoms with E-state index in [1.54, 1.807) is 31.2 Å². The summed E-state index contributed by atoms with van der Waals surface area (Å²) in [5.41, 5.74) is 0.716. The van der Waals surface area contributed by atoms with Crippen LogP contribution in [0.1, 0.15) is 31.2 Å². The third-order valence-electron chi connectivity index (χ3n) is 5.37. The monoisotopic (exact) mass is 442 g/mol. The van der Waals surface area contributed by atoms with Crippen LogP contribution in [0.3, 0.4) is 0 Å². The zero-order valence-corrected chi connectivity index (χ0v) is 16.9. The van der Waals surface area contributed by atoms with Gasteiger partial charge in [-0.05, 0) is 18.6 Å². The van der Waals surface area contributed by atoms with Gasteiger partial charge in [0.2, 0.25) is 11.8 Å². The molecule has 1 heterocycles. The molecule has 0 aromatic heterocycles.